The van der Waals surface area contributed by atoms with Crippen LogP contribution in [0.25, 0.3) is 0 Å². The van der Waals surface area contributed by atoms with E-state index in [0.29, 0.717) is 9.90 Å². The summed E-state index contributed by atoms with van der Waals surface area (Å²) >= 11 is 6.65. The predicted octanol–water partition coefficient (Wildman–Crippen LogP) is 3.50. The lowest BCUT2D eigenvalue weighted by Crippen LogP contribution is -2.39. The average molecular weight is 439 g/mol. The molecule has 0 aliphatic carbocycles. The quantitative estimate of drug-likeness (QED) is 0.684. The molecule has 1 aromatic carbocycles. The Morgan fingerprint density at radius 3 is 2.63 bits per heavy atom. The maximum Gasteiger partial charge on any atom is 0.387 e. The van der Waals surface area contributed by atoms with Gasteiger partial charge in [0.25, 0.3) is 10.0 Å². The molecule has 0 saturated carbocycles. The zero-order valence-corrected chi connectivity index (χ0v) is 16.7. The highest BCUT2D eigenvalue weighted by Gasteiger charge is 2.25. The average Bonchev–Trinajstić information content (AvgIpc) is 3.01. The number of rotatable bonds is 8. The molecule has 0 fully saturated rings. The number of thiophene rings is 1. The Balaban J connectivity index is 2.00. The summed E-state index contributed by atoms with van der Waals surface area (Å²) < 4.78 is 55.0. The van der Waals surface area contributed by atoms with Gasteiger partial charge in [0, 0.05) is 7.05 Å². The first-order valence-corrected chi connectivity index (χ1v) is 10.3. The van der Waals surface area contributed by atoms with E-state index in [4.69, 9.17) is 11.6 Å². The first-order valence-electron chi connectivity index (χ1n) is 7.65. The van der Waals surface area contributed by atoms with E-state index in [2.05, 4.69) is 10.1 Å². The molecule has 1 aromatic heterocycles. The fraction of sp³-hybridized carbons (Fsp3) is 0.312. The summed E-state index contributed by atoms with van der Waals surface area (Å²) in [4.78, 5) is 12.2. The predicted molar refractivity (Wildman–Crippen MR) is 98.8 cm³/mol. The molecule has 148 valence electrons. The molecule has 0 saturated heterocycles. The largest absolute Gasteiger partial charge is 0.435 e. The molecule has 6 nitrogen and oxygen atoms in total. The number of halogens is 3. The fourth-order valence-corrected chi connectivity index (χ4v) is 5.03. The van der Waals surface area contributed by atoms with Crippen LogP contribution >= 0.6 is 22.9 Å². The molecule has 0 aliphatic heterocycles. The van der Waals surface area contributed by atoms with Crippen LogP contribution in [0, 0.1) is 0 Å². The standard InChI is InChI=1S/C16H17ClF2N2O4S2/c1-10(11-4-3-5-12(8-11)25-16(18)19)20-14(22)9-21(2)27(23,24)15-7-6-13(17)26-15/h3-8,10,16H,9H2,1-2H3,(H,20,22). The van der Waals surface area contributed by atoms with Crippen LogP contribution in [0.4, 0.5) is 8.78 Å². The van der Waals surface area contributed by atoms with Crippen LogP contribution < -0.4 is 10.1 Å². The van der Waals surface area contributed by atoms with Gasteiger partial charge < -0.3 is 10.1 Å². The monoisotopic (exact) mass is 438 g/mol. The number of likely N-dealkylation sites (N-methyl/N-ethyl adjacent to an activating group) is 1. The molecule has 2 aromatic rings. The third-order valence-corrected chi connectivity index (χ3v) is 7.04. The normalized spacial score (nSPS) is 13.0. The number of ether oxygens (including phenoxy) is 1. The number of nitrogens with zero attached hydrogens (tertiary/aromatic N) is 1. The van der Waals surface area contributed by atoms with Crippen molar-refractivity contribution in [1.82, 2.24) is 9.62 Å². The minimum atomic E-state index is -3.83. The van der Waals surface area contributed by atoms with Gasteiger partial charge in [-0.05, 0) is 36.8 Å². The van der Waals surface area contributed by atoms with E-state index in [-0.39, 0.29) is 9.96 Å². The molecule has 2 rings (SSSR count). The number of benzene rings is 1. The van der Waals surface area contributed by atoms with E-state index in [9.17, 15) is 22.0 Å². The van der Waals surface area contributed by atoms with E-state index in [1.54, 1.807) is 13.0 Å². The van der Waals surface area contributed by atoms with Crippen molar-refractivity contribution in [2.24, 2.45) is 0 Å². The Labute approximate surface area is 164 Å². The van der Waals surface area contributed by atoms with Crippen LogP contribution in [0.1, 0.15) is 18.5 Å². The van der Waals surface area contributed by atoms with Crippen molar-refractivity contribution >= 4 is 38.9 Å². The van der Waals surface area contributed by atoms with Crippen LogP contribution in [-0.2, 0) is 14.8 Å². The highest BCUT2D eigenvalue weighted by molar-refractivity contribution is 7.91. The third-order valence-electron chi connectivity index (χ3n) is 3.54. The third kappa shape index (κ3) is 5.86. The Morgan fingerprint density at radius 2 is 2.04 bits per heavy atom. The highest BCUT2D eigenvalue weighted by atomic mass is 35.5. The number of amides is 1. The highest BCUT2D eigenvalue weighted by Crippen LogP contribution is 2.27. The molecule has 0 spiro atoms. The summed E-state index contributed by atoms with van der Waals surface area (Å²) in [5, 5.41) is 2.63. The van der Waals surface area contributed by atoms with Gasteiger partial charge in [-0.1, -0.05) is 23.7 Å². The number of hydrogen-bond acceptors (Lipinski definition) is 5. The second-order valence-electron chi connectivity index (χ2n) is 5.56. The second kappa shape index (κ2) is 8.96. The van der Waals surface area contributed by atoms with Crippen LogP contribution in [0.3, 0.4) is 0 Å². The van der Waals surface area contributed by atoms with Gasteiger partial charge in [-0.15, -0.1) is 11.3 Å². The summed E-state index contributed by atoms with van der Waals surface area (Å²) in [6.07, 6.45) is 0. The van der Waals surface area contributed by atoms with Gasteiger partial charge in [-0.25, -0.2) is 8.42 Å². The molecule has 0 bridgehead atoms. The van der Waals surface area contributed by atoms with E-state index < -0.39 is 35.1 Å². The van der Waals surface area contributed by atoms with Crippen LogP contribution in [-0.4, -0.2) is 38.8 Å². The molecule has 1 amide bonds. The van der Waals surface area contributed by atoms with Gasteiger partial charge in [0.1, 0.15) is 9.96 Å². The molecule has 1 unspecified atom stereocenters. The smallest absolute Gasteiger partial charge is 0.387 e. The van der Waals surface area contributed by atoms with Gasteiger partial charge in [-0.2, -0.15) is 13.1 Å². The van der Waals surface area contributed by atoms with Crippen molar-refractivity contribution < 1.29 is 26.7 Å². The Bertz CT molecular complexity index is 905. The number of alkyl halides is 2. The molecule has 1 atom stereocenters. The fourth-order valence-electron chi connectivity index (χ4n) is 2.21. The van der Waals surface area contributed by atoms with Gasteiger partial charge in [0.2, 0.25) is 5.91 Å². The zero-order valence-electron chi connectivity index (χ0n) is 14.4. The van der Waals surface area contributed by atoms with Gasteiger partial charge in [0.15, 0.2) is 0 Å². The maximum absolute atomic E-state index is 12.4. The van der Waals surface area contributed by atoms with E-state index in [1.165, 1.54) is 37.4 Å². The summed E-state index contributed by atoms with van der Waals surface area (Å²) in [6.45, 7) is -1.71. The first-order chi connectivity index (χ1) is 12.6. The van der Waals surface area contributed by atoms with Crippen molar-refractivity contribution in [3.05, 3.63) is 46.3 Å². The van der Waals surface area contributed by atoms with Gasteiger partial charge in [0.05, 0.1) is 16.9 Å². The molecular formula is C16H17ClF2N2O4S2. The molecule has 1 N–H and O–H groups in total. The topological polar surface area (TPSA) is 75.7 Å². The minimum Gasteiger partial charge on any atom is -0.435 e. The van der Waals surface area contributed by atoms with E-state index >= 15 is 0 Å². The molecule has 27 heavy (non-hydrogen) atoms. The van der Waals surface area contributed by atoms with Gasteiger partial charge >= 0.3 is 6.61 Å². The molecule has 11 heteroatoms. The van der Waals surface area contributed by atoms with Crippen molar-refractivity contribution in [3.8, 4) is 5.75 Å². The number of carbonyl (C=O) groups is 1. The second-order valence-corrected chi connectivity index (χ2v) is 9.55. The molecule has 0 aliphatic rings. The van der Waals surface area contributed by atoms with Crippen LogP contribution in [0.15, 0.2) is 40.6 Å². The summed E-state index contributed by atoms with van der Waals surface area (Å²) in [5.41, 5.74) is 0.539. The SMILES string of the molecule is CC(NC(=O)CN(C)S(=O)(=O)c1ccc(Cl)s1)c1cccc(OC(F)F)c1. The summed E-state index contributed by atoms with van der Waals surface area (Å²) in [7, 11) is -2.55. The van der Waals surface area contributed by atoms with Crippen molar-refractivity contribution in [2.75, 3.05) is 13.6 Å². The zero-order chi connectivity index (χ0) is 20.2. The summed E-state index contributed by atoms with van der Waals surface area (Å²) in [6, 6.07) is 8.20. The van der Waals surface area contributed by atoms with Gasteiger partial charge in [-0.3, -0.25) is 4.79 Å². The maximum atomic E-state index is 12.4. The van der Waals surface area contributed by atoms with E-state index in [1.807, 2.05) is 0 Å². The van der Waals surface area contributed by atoms with Crippen molar-refractivity contribution in [1.29, 1.82) is 0 Å². The minimum absolute atomic E-state index is 0.0298. The number of sulfonamides is 1. The van der Waals surface area contributed by atoms with Crippen LogP contribution in [0.5, 0.6) is 5.75 Å². The lowest BCUT2D eigenvalue weighted by molar-refractivity contribution is -0.121. The van der Waals surface area contributed by atoms with Crippen LogP contribution in [0.2, 0.25) is 4.34 Å². The molecule has 1 heterocycles. The van der Waals surface area contributed by atoms with Crippen molar-refractivity contribution in [3.63, 3.8) is 0 Å². The van der Waals surface area contributed by atoms with E-state index in [0.717, 1.165) is 15.6 Å². The first kappa shape index (κ1) is 21.5. The molecular weight excluding hydrogens is 422 g/mol. The lowest BCUT2D eigenvalue weighted by atomic mass is 10.1. The van der Waals surface area contributed by atoms with Crippen molar-refractivity contribution in [2.45, 2.75) is 23.8 Å². The number of nitrogens with one attached hydrogen (secondary N) is 1. The Hall–Kier alpha value is -1.75. The lowest BCUT2D eigenvalue weighted by Gasteiger charge is -2.19. The molecule has 0 radical (unpaired) electrons. The number of hydrogen-bond donors (Lipinski definition) is 1. The Morgan fingerprint density at radius 1 is 1.33 bits per heavy atom. The summed E-state index contributed by atoms with van der Waals surface area (Å²) in [5.74, 6) is -0.575. The Kier molecular flexibility index (Phi) is 7.15. The number of carbonyl (C=O) groups excluding carboxylic acids is 1.